The summed E-state index contributed by atoms with van der Waals surface area (Å²) in [6.45, 7) is 1.76. The topological polar surface area (TPSA) is 39.2 Å². The molecular weight excluding hydrogens is 278 g/mol. The van der Waals surface area contributed by atoms with Crippen molar-refractivity contribution in [3.8, 4) is 0 Å². The highest BCUT2D eigenvalue weighted by molar-refractivity contribution is 5.93. The molecule has 0 radical (unpaired) electrons. The number of hydrogen-bond acceptors (Lipinski definition) is 3. The van der Waals surface area contributed by atoms with E-state index >= 15 is 0 Å². The molecule has 1 aromatic carbocycles. The predicted octanol–water partition coefficient (Wildman–Crippen LogP) is 3.57. The Morgan fingerprint density at radius 2 is 2.00 bits per heavy atom. The molecule has 7 heteroatoms. The first kappa shape index (κ1) is 14.2. The van der Waals surface area contributed by atoms with Crippen LogP contribution in [0.2, 0.25) is 0 Å². The summed E-state index contributed by atoms with van der Waals surface area (Å²) < 4.78 is 55.8. The van der Waals surface area contributed by atoms with E-state index in [0.717, 1.165) is 6.20 Å². The van der Waals surface area contributed by atoms with Gasteiger partial charge in [-0.05, 0) is 25.1 Å². The Balaban J connectivity index is 2.53. The standard InChI is InChI=1S/C13H9F4NO2/c1-2-20-12(19)8-3-7-4-10(14)9(13(15,16)17)5-11(7)18-6-8/h3-6H,2H2,1H3. The van der Waals surface area contributed by atoms with Crippen LogP contribution in [0.25, 0.3) is 10.9 Å². The third-order valence-corrected chi connectivity index (χ3v) is 2.59. The summed E-state index contributed by atoms with van der Waals surface area (Å²) in [6.07, 6.45) is -3.70. The van der Waals surface area contributed by atoms with Crippen LogP contribution in [-0.2, 0) is 10.9 Å². The number of nitrogens with zero attached hydrogens (tertiary/aromatic N) is 1. The summed E-state index contributed by atoms with van der Waals surface area (Å²) >= 11 is 0. The first-order valence-electron chi connectivity index (χ1n) is 5.66. The number of hydrogen-bond donors (Lipinski definition) is 0. The van der Waals surface area contributed by atoms with Gasteiger partial charge in [-0.2, -0.15) is 13.2 Å². The summed E-state index contributed by atoms with van der Waals surface area (Å²) in [5, 5.41) is 0.0982. The van der Waals surface area contributed by atoms with Crippen LogP contribution in [0.15, 0.2) is 24.4 Å². The lowest BCUT2D eigenvalue weighted by Gasteiger charge is -2.09. The van der Waals surface area contributed by atoms with E-state index in [9.17, 15) is 22.4 Å². The van der Waals surface area contributed by atoms with E-state index in [2.05, 4.69) is 4.98 Å². The third kappa shape index (κ3) is 2.71. The minimum atomic E-state index is -4.79. The van der Waals surface area contributed by atoms with Gasteiger partial charge in [0.1, 0.15) is 5.82 Å². The zero-order valence-corrected chi connectivity index (χ0v) is 10.3. The lowest BCUT2D eigenvalue weighted by molar-refractivity contribution is -0.139. The summed E-state index contributed by atoms with van der Waals surface area (Å²) in [5.41, 5.74) is -1.38. The highest BCUT2D eigenvalue weighted by Crippen LogP contribution is 2.33. The first-order chi connectivity index (χ1) is 9.32. The molecule has 0 unspecified atom stereocenters. The molecular formula is C13H9F4NO2. The van der Waals surface area contributed by atoms with Gasteiger partial charge in [-0.3, -0.25) is 4.98 Å². The Kier molecular flexibility index (Phi) is 3.61. The molecule has 3 nitrogen and oxygen atoms in total. The van der Waals surface area contributed by atoms with E-state index < -0.39 is 23.5 Å². The van der Waals surface area contributed by atoms with Crippen LogP contribution in [0, 0.1) is 5.82 Å². The maximum absolute atomic E-state index is 13.4. The summed E-state index contributed by atoms with van der Waals surface area (Å²) in [4.78, 5) is 15.2. The molecule has 0 spiro atoms. The van der Waals surface area contributed by atoms with Gasteiger partial charge in [0.05, 0.1) is 23.3 Å². The molecule has 0 aliphatic heterocycles. The van der Waals surface area contributed by atoms with Crippen LogP contribution < -0.4 is 0 Å². The third-order valence-electron chi connectivity index (χ3n) is 2.59. The molecule has 0 bridgehead atoms. The largest absolute Gasteiger partial charge is 0.462 e. The lowest BCUT2D eigenvalue weighted by Crippen LogP contribution is -2.09. The van der Waals surface area contributed by atoms with E-state index in [0.29, 0.717) is 12.1 Å². The second kappa shape index (κ2) is 5.07. The van der Waals surface area contributed by atoms with E-state index in [1.807, 2.05) is 0 Å². The molecule has 0 saturated carbocycles. The fourth-order valence-corrected chi connectivity index (χ4v) is 1.69. The average Bonchev–Trinajstić information content (AvgIpc) is 2.36. The highest BCUT2D eigenvalue weighted by Gasteiger charge is 2.34. The molecule has 0 amide bonds. The van der Waals surface area contributed by atoms with E-state index in [1.165, 1.54) is 6.07 Å². The molecule has 20 heavy (non-hydrogen) atoms. The lowest BCUT2D eigenvalue weighted by atomic mass is 10.1. The molecule has 1 heterocycles. The first-order valence-corrected chi connectivity index (χ1v) is 5.66. The molecule has 0 aliphatic rings. The van der Waals surface area contributed by atoms with Crippen molar-refractivity contribution in [1.29, 1.82) is 0 Å². The molecule has 2 rings (SSSR count). The minimum absolute atomic E-state index is 0.0493. The van der Waals surface area contributed by atoms with Crippen LogP contribution in [0.5, 0.6) is 0 Å². The fourth-order valence-electron chi connectivity index (χ4n) is 1.69. The minimum Gasteiger partial charge on any atom is -0.462 e. The van der Waals surface area contributed by atoms with Gasteiger partial charge in [0.15, 0.2) is 0 Å². The molecule has 0 saturated heterocycles. The Morgan fingerprint density at radius 1 is 1.30 bits per heavy atom. The van der Waals surface area contributed by atoms with Gasteiger partial charge in [0, 0.05) is 11.6 Å². The van der Waals surface area contributed by atoms with Gasteiger partial charge in [0.25, 0.3) is 0 Å². The normalized spacial score (nSPS) is 11.7. The zero-order chi connectivity index (χ0) is 14.9. The maximum Gasteiger partial charge on any atom is 0.419 e. The molecule has 0 aliphatic carbocycles. The zero-order valence-electron chi connectivity index (χ0n) is 10.3. The SMILES string of the molecule is CCOC(=O)c1cnc2cc(C(F)(F)F)c(F)cc2c1. The van der Waals surface area contributed by atoms with Crippen molar-refractivity contribution in [2.45, 2.75) is 13.1 Å². The molecule has 106 valence electrons. The van der Waals surface area contributed by atoms with Crippen molar-refractivity contribution >= 4 is 16.9 Å². The second-order valence-electron chi connectivity index (χ2n) is 3.97. The number of fused-ring (bicyclic) bond motifs is 1. The number of pyridine rings is 1. The van der Waals surface area contributed by atoms with Crippen LogP contribution in [-0.4, -0.2) is 17.6 Å². The molecule has 2 aromatic rings. The quantitative estimate of drug-likeness (QED) is 0.626. The van der Waals surface area contributed by atoms with Crippen molar-refractivity contribution in [2.24, 2.45) is 0 Å². The van der Waals surface area contributed by atoms with Gasteiger partial charge in [-0.15, -0.1) is 0 Å². The fraction of sp³-hybridized carbons (Fsp3) is 0.231. The van der Waals surface area contributed by atoms with Gasteiger partial charge < -0.3 is 4.74 Å². The van der Waals surface area contributed by atoms with E-state index in [4.69, 9.17) is 4.74 Å². The number of rotatable bonds is 2. The molecule has 0 N–H and O–H groups in total. The summed E-state index contributed by atoms with van der Waals surface area (Å²) in [6, 6.07) is 2.55. The van der Waals surface area contributed by atoms with Crippen LogP contribution >= 0.6 is 0 Å². The van der Waals surface area contributed by atoms with Crippen molar-refractivity contribution in [3.63, 3.8) is 0 Å². The Bertz CT molecular complexity index is 667. The number of aromatic nitrogens is 1. The Labute approximate surface area is 111 Å². The molecule has 1 aromatic heterocycles. The van der Waals surface area contributed by atoms with Crippen LogP contribution in [0.1, 0.15) is 22.8 Å². The monoisotopic (exact) mass is 287 g/mol. The molecule has 0 atom stereocenters. The van der Waals surface area contributed by atoms with Crippen LogP contribution in [0.3, 0.4) is 0 Å². The summed E-state index contributed by atoms with van der Waals surface area (Å²) in [7, 11) is 0. The highest BCUT2D eigenvalue weighted by atomic mass is 19.4. The number of ether oxygens (including phenoxy) is 1. The second-order valence-corrected chi connectivity index (χ2v) is 3.97. The van der Waals surface area contributed by atoms with Crippen molar-refractivity contribution in [3.05, 3.63) is 41.3 Å². The maximum atomic E-state index is 13.4. The van der Waals surface area contributed by atoms with Crippen LogP contribution in [0.4, 0.5) is 17.6 Å². The molecule has 0 fully saturated rings. The van der Waals surface area contributed by atoms with E-state index in [1.54, 1.807) is 6.92 Å². The average molecular weight is 287 g/mol. The van der Waals surface area contributed by atoms with Gasteiger partial charge in [-0.25, -0.2) is 9.18 Å². The van der Waals surface area contributed by atoms with E-state index in [-0.39, 0.29) is 23.1 Å². The Hall–Kier alpha value is -2.18. The van der Waals surface area contributed by atoms with Gasteiger partial charge in [0.2, 0.25) is 0 Å². The number of alkyl halides is 3. The number of benzene rings is 1. The number of carbonyl (C=O) groups is 1. The number of esters is 1. The predicted molar refractivity (Wildman–Crippen MR) is 62.7 cm³/mol. The smallest absolute Gasteiger partial charge is 0.419 e. The van der Waals surface area contributed by atoms with Crippen molar-refractivity contribution < 1.29 is 27.1 Å². The summed E-state index contributed by atoms with van der Waals surface area (Å²) in [5.74, 6) is -2.07. The van der Waals surface area contributed by atoms with Gasteiger partial charge >= 0.3 is 12.1 Å². The van der Waals surface area contributed by atoms with Crippen molar-refractivity contribution in [1.82, 2.24) is 4.98 Å². The number of carbonyl (C=O) groups excluding carboxylic acids is 1. The Morgan fingerprint density at radius 3 is 2.60 bits per heavy atom. The van der Waals surface area contributed by atoms with Gasteiger partial charge in [-0.1, -0.05) is 0 Å². The van der Waals surface area contributed by atoms with Crippen molar-refractivity contribution in [2.75, 3.05) is 6.61 Å². The number of halogens is 4.